The summed E-state index contributed by atoms with van der Waals surface area (Å²) in [6, 6.07) is 16.4. The molecule has 2 aromatic rings. The van der Waals surface area contributed by atoms with E-state index in [4.69, 9.17) is 23.2 Å². The van der Waals surface area contributed by atoms with E-state index in [-0.39, 0.29) is 11.5 Å². The van der Waals surface area contributed by atoms with E-state index in [2.05, 4.69) is 50.4 Å². The number of hydrogen-bond acceptors (Lipinski definition) is 1. The van der Waals surface area contributed by atoms with Crippen molar-refractivity contribution in [1.82, 2.24) is 0 Å². The van der Waals surface area contributed by atoms with Crippen molar-refractivity contribution in [2.24, 2.45) is 0 Å². The second-order valence-corrected chi connectivity index (χ2v) is 6.97. The smallest absolute Gasteiger partial charge is 0.0638 e. The van der Waals surface area contributed by atoms with Crippen LogP contribution in [0, 0.1) is 0 Å². The van der Waals surface area contributed by atoms with Gasteiger partial charge in [-0.2, -0.15) is 0 Å². The van der Waals surface area contributed by atoms with Crippen molar-refractivity contribution in [3.8, 4) is 0 Å². The molecule has 0 spiro atoms. The lowest BCUT2D eigenvalue weighted by Gasteiger charge is -2.30. The SMILES string of the molecule is CC(CC(C)(C)c1ccccc1)Nc1cc(Cl)ccc1Cl. The molecule has 3 heteroatoms. The fourth-order valence-corrected chi connectivity index (χ4v) is 3.04. The summed E-state index contributed by atoms with van der Waals surface area (Å²) >= 11 is 12.2. The third-order valence-electron chi connectivity index (χ3n) is 3.70. The van der Waals surface area contributed by atoms with Crippen molar-refractivity contribution >= 4 is 28.9 Å². The standard InChI is InChI=1S/C18H21Cl2N/c1-13(21-17-11-15(19)9-10-16(17)20)12-18(2,3)14-7-5-4-6-8-14/h4-11,13,21H,12H2,1-3H3. The number of rotatable bonds is 5. The minimum atomic E-state index is 0.0960. The van der Waals surface area contributed by atoms with Crippen molar-refractivity contribution < 1.29 is 0 Å². The van der Waals surface area contributed by atoms with Crippen LogP contribution in [0.25, 0.3) is 0 Å². The molecule has 0 aromatic heterocycles. The van der Waals surface area contributed by atoms with Gasteiger partial charge in [-0.05, 0) is 42.5 Å². The maximum absolute atomic E-state index is 6.21. The maximum Gasteiger partial charge on any atom is 0.0638 e. The highest BCUT2D eigenvalue weighted by Gasteiger charge is 2.23. The molecule has 2 rings (SSSR count). The van der Waals surface area contributed by atoms with Gasteiger partial charge in [-0.25, -0.2) is 0 Å². The van der Waals surface area contributed by atoms with Gasteiger partial charge in [0.25, 0.3) is 0 Å². The lowest BCUT2D eigenvalue weighted by molar-refractivity contribution is 0.450. The van der Waals surface area contributed by atoms with E-state index in [9.17, 15) is 0 Å². The number of nitrogens with one attached hydrogen (secondary N) is 1. The van der Waals surface area contributed by atoms with Gasteiger partial charge in [0.05, 0.1) is 10.7 Å². The first kappa shape index (κ1) is 16.2. The van der Waals surface area contributed by atoms with Crippen LogP contribution in [0.15, 0.2) is 48.5 Å². The molecule has 2 aromatic carbocycles. The third-order valence-corrected chi connectivity index (χ3v) is 4.27. The molecule has 0 aliphatic heterocycles. The molecule has 0 aliphatic rings. The van der Waals surface area contributed by atoms with E-state index >= 15 is 0 Å². The molecule has 0 amide bonds. The van der Waals surface area contributed by atoms with Crippen LogP contribution in [0.1, 0.15) is 32.8 Å². The van der Waals surface area contributed by atoms with E-state index in [0.29, 0.717) is 10.0 Å². The minimum absolute atomic E-state index is 0.0960. The average molecular weight is 322 g/mol. The summed E-state index contributed by atoms with van der Waals surface area (Å²) in [5, 5.41) is 4.85. The molecule has 0 heterocycles. The first-order valence-corrected chi connectivity index (χ1v) is 7.91. The van der Waals surface area contributed by atoms with Crippen LogP contribution in [0.4, 0.5) is 5.69 Å². The molecule has 0 fully saturated rings. The Hall–Kier alpha value is -1.18. The van der Waals surface area contributed by atoms with Gasteiger partial charge in [-0.15, -0.1) is 0 Å². The summed E-state index contributed by atoms with van der Waals surface area (Å²) in [5.41, 5.74) is 2.33. The van der Waals surface area contributed by atoms with Gasteiger partial charge in [-0.3, -0.25) is 0 Å². The van der Waals surface area contributed by atoms with Gasteiger partial charge in [0, 0.05) is 11.1 Å². The molecule has 1 atom stereocenters. The predicted molar refractivity (Wildman–Crippen MR) is 93.6 cm³/mol. The molecule has 0 radical (unpaired) electrons. The van der Waals surface area contributed by atoms with Crippen molar-refractivity contribution in [1.29, 1.82) is 0 Å². The van der Waals surface area contributed by atoms with E-state index < -0.39 is 0 Å². The molecule has 0 saturated carbocycles. The normalized spacial score (nSPS) is 13.0. The Balaban J connectivity index is 2.07. The first-order valence-electron chi connectivity index (χ1n) is 7.15. The zero-order valence-electron chi connectivity index (χ0n) is 12.7. The number of halogens is 2. The lowest BCUT2D eigenvalue weighted by Crippen LogP contribution is -2.27. The van der Waals surface area contributed by atoms with E-state index in [0.717, 1.165) is 12.1 Å². The van der Waals surface area contributed by atoms with Gasteiger partial charge in [0.1, 0.15) is 0 Å². The molecule has 1 nitrogen and oxygen atoms in total. The second-order valence-electron chi connectivity index (χ2n) is 6.12. The summed E-state index contributed by atoms with van der Waals surface area (Å²) in [5.74, 6) is 0. The molecule has 1 N–H and O–H groups in total. The van der Waals surface area contributed by atoms with Crippen LogP contribution in [0.5, 0.6) is 0 Å². The molecule has 112 valence electrons. The highest BCUT2D eigenvalue weighted by molar-refractivity contribution is 6.35. The van der Waals surface area contributed by atoms with Crippen LogP contribution < -0.4 is 5.32 Å². The molecule has 0 bridgehead atoms. The monoisotopic (exact) mass is 321 g/mol. The Labute approximate surface area is 137 Å². The lowest BCUT2D eigenvalue weighted by atomic mass is 9.79. The van der Waals surface area contributed by atoms with Crippen molar-refractivity contribution in [3.63, 3.8) is 0 Å². The number of benzene rings is 2. The maximum atomic E-state index is 6.21. The fraction of sp³-hybridized carbons (Fsp3) is 0.333. The van der Waals surface area contributed by atoms with Crippen molar-refractivity contribution in [2.75, 3.05) is 5.32 Å². The molecule has 0 saturated heterocycles. The number of hydrogen-bond donors (Lipinski definition) is 1. The van der Waals surface area contributed by atoms with Crippen LogP contribution >= 0.6 is 23.2 Å². The Morgan fingerprint density at radius 1 is 1.05 bits per heavy atom. The minimum Gasteiger partial charge on any atom is -0.381 e. The van der Waals surface area contributed by atoms with E-state index in [1.807, 2.05) is 18.2 Å². The van der Waals surface area contributed by atoms with Gasteiger partial charge >= 0.3 is 0 Å². The Morgan fingerprint density at radius 3 is 2.38 bits per heavy atom. The molecule has 21 heavy (non-hydrogen) atoms. The topological polar surface area (TPSA) is 12.0 Å². The van der Waals surface area contributed by atoms with Crippen molar-refractivity contribution in [2.45, 2.75) is 38.6 Å². The van der Waals surface area contributed by atoms with Crippen LogP contribution in [-0.2, 0) is 5.41 Å². The van der Waals surface area contributed by atoms with Crippen LogP contribution in [0.3, 0.4) is 0 Å². The summed E-state index contributed by atoms with van der Waals surface area (Å²) in [6.45, 7) is 6.70. The Kier molecular flexibility index (Phi) is 5.18. The molecule has 1 unspecified atom stereocenters. The summed E-state index contributed by atoms with van der Waals surface area (Å²) in [7, 11) is 0. The molecule has 0 aliphatic carbocycles. The third kappa shape index (κ3) is 4.39. The zero-order chi connectivity index (χ0) is 15.5. The van der Waals surface area contributed by atoms with E-state index in [1.165, 1.54) is 5.56 Å². The number of anilines is 1. The highest BCUT2D eigenvalue weighted by atomic mass is 35.5. The Bertz CT molecular complexity index is 593. The Morgan fingerprint density at radius 2 is 1.71 bits per heavy atom. The first-order chi connectivity index (χ1) is 9.88. The molecular weight excluding hydrogens is 301 g/mol. The van der Waals surface area contributed by atoms with Gasteiger partial charge in [-0.1, -0.05) is 67.4 Å². The van der Waals surface area contributed by atoms with Crippen molar-refractivity contribution in [3.05, 3.63) is 64.1 Å². The quantitative estimate of drug-likeness (QED) is 0.695. The van der Waals surface area contributed by atoms with Gasteiger partial charge < -0.3 is 5.32 Å². The van der Waals surface area contributed by atoms with Gasteiger partial charge in [0.15, 0.2) is 0 Å². The zero-order valence-corrected chi connectivity index (χ0v) is 14.2. The highest BCUT2D eigenvalue weighted by Crippen LogP contribution is 2.31. The van der Waals surface area contributed by atoms with Gasteiger partial charge in [0.2, 0.25) is 0 Å². The largest absolute Gasteiger partial charge is 0.381 e. The predicted octanol–water partition coefficient (Wildman–Crippen LogP) is 6.16. The molecular formula is C18H21Cl2N. The second kappa shape index (κ2) is 6.72. The summed E-state index contributed by atoms with van der Waals surface area (Å²) < 4.78 is 0. The average Bonchev–Trinajstić information content (AvgIpc) is 2.43. The summed E-state index contributed by atoms with van der Waals surface area (Å²) in [4.78, 5) is 0. The van der Waals surface area contributed by atoms with E-state index in [1.54, 1.807) is 6.07 Å². The summed E-state index contributed by atoms with van der Waals surface area (Å²) in [6.07, 6.45) is 1.000. The van der Waals surface area contributed by atoms with Crippen LogP contribution in [-0.4, -0.2) is 6.04 Å². The fourth-order valence-electron chi connectivity index (χ4n) is 2.70. The van der Waals surface area contributed by atoms with Crippen LogP contribution in [0.2, 0.25) is 10.0 Å².